The molecule has 1 saturated carbocycles. The number of carbonyl (C=O) groups is 1. The summed E-state index contributed by atoms with van der Waals surface area (Å²) in [4.78, 5) is 10.6. The van der Waals surface area contributed by atoms with Crippen molar-refractivity contribution in [2.24, 2.45) is 5.92 Å². The predicted molar refractivity (Wildman–Crippen MR) is 57.3 cm³/mol. The molecule has 0 saturated heterocycles. The van der Waals surface area contributed by atoms with Crippen LogP contribution < -0.4 is 0 Å². The fourth-order valence-corrected chi connectivity index (χ4v) is 1.99. The van der Waals surface area contributed by atoms with Gasteiger partial charge in [-0.25, -0.2) is 0 Å². The second-order valence-electron chi connectivity index (χ2n) is 4.22. The Morgan fingerprint density at radius 1 is 1.36 bits per heavy atom. The monoisotopic (exact) mass is 198 g/mol. The van der Waals surface area contributed by atoms with E-state index in [4.69, 9.17) is 4.74 Å². The van der Waals surface area contributed by atoms with Gasteiger partial charge in [-0.1, -0.05) is 26.2 Å². The average Bonchev–Trinajstić information content (AvgIpc) is 2.26. The van der Waals surface area contributed by atoms with Gasteiger partial charge in [0.15, 0.2) is 0 Å². The molecule has 0 spiro atoms. The Morgan fingerprint density at radius 2 is 2.07 bits per heavy atom. The van der Waals surface area contributed by atoms with Gasteiger partial charge >= 0.3 is 0 Å². The van der Waals surface area contributed by atoms with Crippen LogP contribution in [0.15, 0.2) is 0 Å². The Bertz CT molecular complexity index is 150. The molecule has 1 fully saturated rings. The van der Waals surface area contributed by atoms with E-state index < -0.39 is 0 Å². The van der Waals surface area contributed by atoms with Crippen LogP contribution in [0.5, 0.6) is 0 Å². The van der Waals surface area contributed by atoms with E-state index in [1.165, 1.54) is 32.1 Å². The minimum atomic E-state index is 0.207. The van der Waals surface area contributed by atoms with Crippen LogP contribution in [0.25, 0.3) is 0 Å². The number of rotatable bonds is 6. The van der Waals surface area contributed by atoms with Crippen LogP contribution in [0.3, 0.4) is 0 Å². The van der Waals surface area contributed by atoms with Gasteiger partial charge in [-0.2, -0.15) is 0 Å². The molecule has 0 heterocycles. The molecule has 1 aliphatic rings. The fraction of sp³-hybridized carbons (Fsp3) is 0.917. The molecule has 0 aromatic heterocycles. The summed E-state index contributed by atoms with van der Waals surface area (Å²) in [6.07, 6.45) is 9.82. The minimum Gasteiger partial charge on any atom is -0.378 e. The highest BCUT2D eigenvalue weighted by molar-refractivity contribution is 5.53. The third-order valence-corrected chi connectivity index (χ3v) is 3.11. The van der Waals surface area contributed by atoms with Gasteiger partial charge in [0.05, 0.1) is 6.10 Å². The number of aldehydes is 1. The SMILES string of the molecule is CCC(C=O)CCOC1CCCCC1. The topological polar surface area (TPSA) is 26.3 Å². The van der Waals surface area contributed by atoms with Crippen molar-refractivity contribution in [2.45, 2.75) is 58.0 Å². The van der Waals surface area contributed by atoms with Crippen LogP contribution in [-0.2, 0) is 9.53 Å². The zero-order valence-corrected chi connectivity index (χ0v) is 9.21. The highest BCUT2D eigenvalue weighted by atomic mass is 16.5. The van der Waals surface area contributed by atoms with Crippen molar-refractivity contribution in [2.75, 3.05) is 6.61 Å². The first-order chi connectivity index (χ1) is 6.86. The molecule has 0 radical (unpaired) electrons. The van der Waals surface area contributed by atoms with E-state index in [1.807, 2.05) is 0 Å². The summed E-state index contributed by atoms with van der Waals surface area (Å²) < 4.78 is 5.76. The van der Waals surface area contributed by atoms with E-state index in [2.05, 4.69) is 6.92 Å². The lowest BCUT2D eigenvalue weighted by atomic mass is 9.97. The van der Waals surface area contributed by atoms with Gasteiger partial charge in [0.25, 0.3) is 0 Å². The standard InChI is InChI=1S/C12H22O2/c1-2-11(10-13)8-9-14-12-6-4-3-5-7-12/h10-12H,2-9H2,1H3. The molecule has 14 heavy (non-hydrogen) atoms. The third kappa shape index (κ3) is 4.23. The maximum absolute atomic E-state index is 10.6. The zero-order valence-electron chi connectivity index (χ0n) is 9.21. The normalized spacial score (nSPS) is 20.6. The fourth-order valence-electron chi connectivity index (χ4n) is 1.99. The summed E-state index contributed by atoms with van der Waals surface area (Å²) in [5.41, 5.74) is 0. The molecule has 1 rings (SSSR count). The number of hydrogen-bond acceptors (Lipinski definition) is 2. The molecule has 0 aromatic rings. The molecule has 0 aromatic carbocycles. The van der Waals surface area contributed by atoms with Crippen LogP contribution in [0, 0.1) is 5.92 Å². The summed E-state index contributed by atoms with van der Waals surface area (Å²) >= 11 is 0. The summed E-state index contributed by atoms with van der Waals surface area (Å²) in [5, 5.41) is 0. The second-order valence-corrected chi connectivity index (χ2v) is 4.22. The molecular formula is C12H22O2. The first-order valence-corrected chi connectivity index (χ1v) is 5.93. The molecule has 1 atom stereocenters. The Balaban J connectivity index is 2.04. The lowest BCUT2D eigenvalue weighted by Gasteiger charge is -2.22. The maximum Gasteiger partial charge on any atom is 0.123 e. The molecule has 1 unspecified atom stereocenters. The quantitative estimate of drug-likeness (QED) is 0.613. The summed E-state index contributed by atoms with van der Waals surface area (Å²) in [6, 6.07) is 0. The van der Waals surface area contributed by atoms with E-state index in [9.17, 15) is 4.79 Å². The van der Waals surface area contributed by atoms with Gasteiger partial charge in [0.1, 0.15) is 6.29 Å². The van der Waals surface area contributed by atoms with Crippen LogP contribution >= 0.6 is 0 Å². The zero-order chi connectivity index (χ0) is 10.2. The van der Waals surface area contributed by atoms with Gasteiger partial charge in [-0.05, 0) is 25.7 Å². The first kappa shape index (κ1) is 11.7. The van der Waals surface area contributed by atoms with Gasteiger partial charge in [0.2, 0.25) is 0 Å². The van der Waals surface area contributed by atoms with Crippen LogP contribution in [0.1, 0.15) is 51.9 Å². The summed E-state index contributed by atoms with van der Waals surface area (Å²) in [5.74, 6) is 0.207. The average molecular weight is 198 g/mol. The van der Waals surface area contributed by atoms with Crippen molar-refractivity contribution in [3.63, 3.8) is 0 Å². The second kappa shape index (κ2) is 6.99. The molecule has 0 amide bonds. The van der Waals surface area contributed by atoms with Crippen molar-refractivity contribution in [3.05, 3.63) is 0 Å². The molecule has 0 N–H and O–H groups in total. The van der Waals surface area contributed by atoms with E-state index in [-0.39, 0.29) is 5.92 Å². The van der Waals surface area contributed by atoms with Crippen molar-refractivity contribution >= 4 is 6.29 Å². The molecule has 1 aliphatic carbocycles. The Labute approximate surface area is 87.0 Å². The molecule has 2 nitrogen and oxygen atoms in total. The van der Waals surface area contributed by atoms with Gasteiger partial charge in [-0.15, -0.1) is 0 Å². The van der Waals surface area contributed by atoms with E-state index >= 15 is 0 Å². The molecule has 2 heteroatoms. The predicted octanol–water partition coefficient (Wildman–Crippen LogP) is 2.95. The van der Waals surface area contributed by atoms with Crippen molar-refractivity contribution in [3.8, 4) is 0 Å². The largest absolute Gasteiger partial charge is 0.378 e. The lowest BCUT2D eigenvalue weighted by molar-refractivity contribution is -0.112. The van der Waals surface area contributed by atoms with Crippen LogP contribution in [0.4, 0.5) is 0 Å². The summed E-state index contributed by atoms with van der Waals surface area (Å²) in [6.45, 7) is 2.82. The van der Waals surface area contributed by atoms with Crippen LogP contribution in [-0.4, -0.2) is 19.0 Å². The van der Waals surface area contributed by atoms with E-state index in [0.717, 1.165) is 25.7 Å². The first-order valence-electron chi connectivity index (χ1n) is 5.93. The van der Waals surface area contributed by atoms with Crippen LogP contribution in [0.2, 0.25) is 0 Å². The van der Waals surface area contributed by atoms with Crippen molar-refractivity contribution in [1.29, 1.82) is 0 Å². The Kier molecular flexibility index (Phi) is 5.85. The van der Waals surface area contributed by atoms with Crippen molar-refractivity contribution < 1.29 is 9.53 Å². The molecule has 0 aliphatic heterocycles. The molecule has 0 bridgehead atoms. The number of carbonyl (C=O) groups excluding carboxylic acids is 1. The maximum atomic E-state index is 10.6. The summed E-state index contributed by atoms with van der Waals surface area (Å²) in [7, 11) is 0. The minimum absolute atomic E-state index is 0.207. The van der Waals surface area contributed by atoms with Gasteiger partial charge in [-0.3, -0.25) is 0 Å². The molecule has 82 valence electrons. The highest BCUT2D eigenvalue weighted by Crippen LogP contribution is 2.20. The smallest absolute Gasteiger partial charge is 0.123 e. The van der Waals surface area contributed by atoms with E-state index in [1.54, 1.807) is 0 Å². The number of hydrogen-bond donors (Lipinski definition) is 0. The van der Waals surface area contributed by atoms with Gasteiger partial charge < -0.3 is 9.53 Å². The van der Waals surface area contributed by atoms with Crippen molar-refractivity contribution in [1.82, 2.24) is 0 Å². The molecular weight excluding hydrogens is 176 g/mol. The third-order valence-electron chi connectivity index (χ3n) is 3.11. The highest BCUT2D eigenvalue weighted by Gasteiger charge is 2.14. The van der Waals surface area contributed by atoms with Gasteiger partial charge in [0, 0.05) is 12.5 Å². The van der Waals surface area contributed by atoms with E-state index in [0.29, 0.717) is 6.10 Å². The number of ether oxygens (including phenoxy) is 1. The lowest BCUT2D eigenvalue weighted by Crippen LogP contribution is -2.18. The Morgan fingerprint density at radius 3 is 2.64 bits per heavy atom. The Hall–Kier alpha value is -0.370.